The van der Waals surface area contributed by atoms with E-state index in [9.17, 15) is 13.2 Å². The Morgan fingerprint density at radius 3 is 2.71 bits per heavy atom. The normalized spacial score (nSPS) is 13.5. The Hall–Kier alpha value is -1.41. The lowest BCUT2D eigenvalue weighted by molar-refractivity contribution is -0.139. The quantitative estimate of drug-likeness (QED) is 0.747. The highest BCUT2D eigenvalue weighted by molar-refractivity contribution is 7.89. The van der Waals surface area contributed by atoms with Crippen LogP contribution < -0.4 is 4.72 Å². The molecular formula is C9H15N3O4S. The molecule has 0 aromatic carbocycles. The van der Waals surface area contributed by atoms with Gasteiger partial charge in [-0.25, -0.2) is 8.42 Å². The predicted octanol–water partition coefficient (Wildman–Crippen LogP) is -0.0483. The summed E-state index contributed by atoms with van der Waals surface area (Å²) in [6.45, 7) is 1.79. The fourth-order valence-corrected chi connectivity index (χ4v) is 2.52. The van der Waals surface area contributed by atoms with Crippen molar-refractivity contribution in [3.05, 3.63) is 12.4 Å². The second-order valence-corrected chi connectivity index (χ2v) is 5.36. The second-order valence-electron chi connectivity index (χ2n) is 3.65. The van der Waals surface area contributed by atoms with Crippen LogP contribution in [0.25, 0.3) is 0 Å². The summed E-state index contributed by atoms with van der Waals surface area (Å²) in [6, 6.07) is -1.11. The summed E-state index contributed by atoms with van der Waals surface area (Å²) in [5.41, 5.74) is 0. The molecule has 0 saturated heterocycles. The van der Waals surface area contributed by atoms with E-state index in [1.165, 1.54) is 17.1 Å². The van der Waals surface area contributed by atoms with Gasteiger partial charge in [0.2, 0.25) is 10.0 Å². The van der Waals surface area contributed by atoms with E-state index in [1.807, 2.05) is 0 Å². The van der Waals surface area contributed by atoms with E-state index in [0.29, 0.717) is 6.42 Å². The van der Waals surface area contributed by atoms with Crippen LogP contribution >= 0.6 is 0 Å². The molecule has 0 aliphatic carbocycles. The highest BCUT2D eigenvalue weighted by atomic mass is 32.2. The van der Waals surface area contributed by atoms with E-state index in [0.717, 1.165) is 0 Å². The van der Waals surface area contributed by atoms with Gasteiger partial charge in [-0.15, -0.1) is 0 Å². The van der Waals surface area contributed by atoms with Crippen LogP contribution in [-0.4, -0.2) is 35.3 Å². The van der Waals surface area contributed by atoms with E-state index in [-0.39, 0.29) is 11.3 Å². The number of nitrogens with one attached hydrogen (secondary N) is 1. The highest BCUT2D eigenvalue weighted by Crippen LogP contribution is 2.09. The van der Waals surface area contributed by atoms with Crippen LogP contribution in [0.4, 0.5) is 0 Å². The van der Waals surface area contributed by atoms with E-state index in [4.69, 9.17) is 5.11 Å². The van der Waals surface area contributed by atoms with E-state index in [2.05, 4.69) is 9.82 Å². The summed E-state index contributed by atoms with van der Waals surface area (Å²) in [5, 5.41) is 12.6. The van der Waals surface area contributed by atoms with Crippen LogP contribution in [0, 0.1) is 0 Å². The average molecular weight is 261 g/mol. The van der Waals surface area contributed by atoms with Crippen LogP contribution in [0.3, 0.4) is 0 Å². The average Bonchev–Trinajstić information content (AvgIpc) is 2.64. The van der Waals surface area contributed by atoms with Crippen molar-refractivity contribution in [3.8, 4) is 0 Å². The lowest BCUT2D eigenvalue weighted by Gasteiger charge is -2.12. The Balaban J connectivity index is 2.88. The fourth-order valence-electron chi connectivity index (χ4n) is 1.31. The van der Waals surface area contributed by atoms with Crippen molar-refractivity contribution in [1.82, 2.24) is 14.5 Å². The maximum absolute atomic E-state index is 11.8. The summed E-state index contributed by atoms with van der Waals surface area (Å²) in [4.78, 5) is 10.8. The predicted molar refractivity (Wildman–Crippen MR) is 59.9 cm³/mol. The molecule has 0 aliphatic rings. The van der Waals surface area contributed by atoms with Crippen LogP contribution in [0.2, 0.25) is 0 Å². The molecule has 0 unspecified atom stereocenters. The third-order valence-corrected chi connectivity index (χ3v) is 3.59. The van der Waals surface area contributed by atoms with Gasteiger partial charge in [0.05, 0.1) is 6.20 Å². The van der Waals surface area contributed by atoms with Gasteiger partial charge in [0.1, 0.15) is 10.9 Å². The minimum atomic E-state index is -3.82. The molecule has 17 heavy (non-hydrogen) atoms. The first-order valence-corrected chi connectivity index (χ1v) is 6.59. The fraction of sp³-hybridized carbons (Fsp3) is 0.556. The third-order valence-electron chi connectivity index (χ3n) is 2.16. The van der Waals surface area contributed by atoms with Gasteiger partial charge in [0, 0.05) is 13.2 Å². The van der Waals surface area contributed by atoms with Crippen molar-refractivity contribution >= 4 is 16.0 Å². The molecule has 0 saturated carbocycles. The molecule has 2 N–H and O–H groups in total. The maximum Gasteiger partial charge on any atom is 0.321 e. The molecule has 1 atom stereocenters. The van der Waals surface area contributed by atoms with Gasteiger partial charge in [-0.1, -0.05) is 13.3 Å². The number of rotatable bonds is 6. The Labute approximate surface area is 99.5 Å². The zero-order chi connectivity index (χ0) is 13.1. The molecule has 0 bridgehead atoms. The van der Waals surface area contributed by atoms with Gasteiger partial charge < -0.3 is 5.11 Å². The Morgan fingerprint density at radius 1 is 1.65 bits per heavy atom. The van der Waals surface area contributed by atoms with Crippen molar-refractivity contribution in [2.45, 2.75) is 30.7 Å². The molecule has 1 rings (SSSR count). The first-order chi connectivity index (χ1) is 7.86. The Kier molecular flexibility index (Phi) is 4.24. The molecule has 1 aromatic rings. The molecular weight excluding hydrogens is 246 g/mol. The Bertz CT molecular complexity index is 494. The monoisotopic (exact) mass is 261 g/mol. The van der Waals surface area contributed by atoms with Gasteiger partial charge in [-0.2, -0.15) is 9.82 Å². The number of hydrogen-bond acceptors (Lipinski definition) is 4. The molecule has 0 spiro atoms. The summed E-state index contributed by atoms with van der Waals surface area (Å²) in [6.07, 6.45) is 3.31. The minimum absolute atomic E-state index is 0.0395. The molecule has 8 heteroatoms. The Morgan fingerprint density at radius 2 is 2.29 bits per heavy atom. The molecule has 0 radical (unpaired) electrons. The van der Waals surface area contributed by atoms with Gasteiger partial charge in [-0.05, 0) is 6.42 Å². The van der Waals surface area contributed by atoms with Gasteiger partial charge in [0.25, 0.3) is 0 Å². The van der Waals surface area contributed by atoms with Gasteiger partial charge >= 0.3 is 5.97 Å². The number of nitrogens with zero attached hydrogens (tertiary/aromatic N) is 2. The molecule has 1 heterocycles. The number of carbonyl (C=O) groups is 1. The number of hydrogen-bond donors (Lipinski definition) is 2. The van der Waals surface area contributed by atoms with E-state index < -0.39 is 22.0 Å². The third kappa shape index (κ3) is 3.53. The number of aliphatic carboxylic acids is 1. The SMILES string of the molecule is CCC[C@@H](NS(=O)(=O)c1cnn(C)c1)C(=O)O. The van der Waals surface area contributed by atoms with Crippen LogP contribution in [0.1, 0.15) is 19.8 Å². The van der Waals surface area contributed by atoms with E-state index in [1.54, 1.807) is 14.0 Å². The van der Waals surface area contributed by atoms with Gasteiger partial charge in [-0.3, -0.25) is 9.48 Å². The number of sulfonamides is 1. The number of carboxylic acids is 1. The first kappa shape index (κ1) is 13.7. The van der Waals surface area contributed by atoms with Crippen molar-refractivity contribution in [2.75, 3.05) is 0 Å². The topological polar surface area (TPSA) is 101 Å². The van der Waals surface area contributed by atoms with Crippen molar-refractivity contribution in [1.29, 1.82) is 0 Å². The smallest absolute Gasteiger partial charge is 0.321 e. The molecule has 96 valence electrons. The number of aromatic nitrogens is 2. The van der Waals surface area contributed by atoms with E-state index >= 15 is 0 Å². The lowest BCUT2D eigenvalue weighted by Crippen LogP contribution is -2.40. The summed E-state index contributed by atoms with van der Waals surface area (Å²) in [5.74, 6) is -1.18. The summed E-state index contributed by atoms with van der Waals surface area (Å²) < 4.78 is 27.1. The first-order valence-electron chi connectivity index (χ1n) is 5.10. The standard InChI is InChI=1S/C9H15N3O4S/c1-3-4-8(9(13)14)11-17(15,16)7-5-10-12(2)6-7/h5-6,8,11H,3-4H2,1-2H3,(H,13,14)/t8-/m1/s1. The maximum atomic E-state index is 11.8. The van der Waals surface area contributed by atoms with Crippen LogP contribution in [-0.2, 0) is 21.9 Å². The van der Waals surface area contributed by atoms with Crippen molar-refractivity contribution in [3.63, 3.8) is 0 Å². The second kappa shape index (κ2) is 5.28. The number of carboxylic acid groups (broad SMARTS) is 1. The van der Waals surface area contributed by atoms with Gasteiger partial charge in [0.15, 0.2) is 0 Å². The molecule has 0 fully saturated rings. The highest BCUT2D eigenvalue weighted by Gasteiger charge is 2.25. The zero-order valence-electron chi connectivity index (χ0n) is 9.62. The van der Waals surface area contributed by atoms with Crippen LogP contribution in [0.15, 0.2) is 17.3 Å². The summed E-state index contributed by atoms with van der Waals surface area (Å²) in [7, 11) is -2.24. The number of aryl methyl sites for hydroxylation is 1. The summed E-state index contributed by atoms with van der Waals surface area (Å²) >= 11 is 0. The van der Waals surface area contributed by atoms with Crippen molar-refractivity contribution < 1.29 is 18.3 Å². The molecule has 7 nitrogen and oxygen atoms in total. The minimum Gasteiger partial charge on any atom is -0.480 e. The lowest BCUT2D eigenvalue weighted by atomic mass is 10.2. The molecule has 1 aromatic heterocycles. The van der Waals surface area contributed by atoms with Crippen molar-refractivity contribution in [2.24, 2.45) is 7.05 Å². The molecule has 0 aliphatic heterocycles. The largest absolute Gasteiger partial charge is 0.480 e. The zero-order valence-corrected chi connectivity index (χ0v) is 10.4. The molecule has 0 amide bonds. The van der Waals surface area contributed by atoms with Crippen LogP contribution in [0.5, 0.6) is 0 Å².